The van der Waals surface area contributed by atoms with Crippen LogP contribution >= 0.6 is 0 Å². The highest BCUT2D eigenvalue weighted by Gasteiger charge is 2.33. The van der Waals surface area contributed by atoms with Gasteiger partial charge in [0, 0.05) is 0 Å². The molecule has 29 heavy (non-hydrogen) atoms. The van der Waals surface area contributed by atoms with Gasteiger partial charge in [-0.05, 0) is 30.7 Å². The molecule has 1 aliphatic rings. The van der Waals surface area contributed by atoms with Crippen molar-refractivity contribution in [3.05, 3.63) is 54.3 Å². The van der Waals surface area contributed by atoms with Crippen LogP contribution in [0.3, 0.4) is 0 Å². The van der Waals surface area contributed by atoms with Gasteiger partial charge in [0.25, 0.3) is 0 Å². The first kappa shape index (κ1) is 20.9. The van der Waals surface area contributed by atoms with Gasteiger partial charge in [-0.15, -0.1) is 0 Å². The van der Waals surface area contributed by atoms with Gasteiger partial charge in [0.1, 0.15) is 24.6 Å². The van der Waals surface area contributed by atoms with Gasteiger partial charge >= 0.3 is 0 Å². The number of amides is 1. The normalized spacial score (nSPS) is 16.7. The van der Waals surface area contributed by atoms with Crippen molar-refractivity contribution in [2.45, 2.75) is 25.5 Å². The van der Waals surface area contributed by atoms with E-state index in [4.69, 9.17) is 9.47 Å². The molecule has 156 valence electrons. The third-order valence-corrected chi connectivity index (χ3v) is 5.66. The van der Waals surface area contributed by atoms with Gasteiger partial charge in [-0.1, -0.05) is 31.2 Å². The second-order valence-electron chi connectivity index (χ2n) is 6.68. The molecule has 2 aromatic carbocycles. The standard InChI is InChI=1S/C20H23FN2O5S/c1-3-16(23(29(2,25)26)17-9-5-4-8-15(17)21)20(24)22-12-14-13-27-18-10-6-7-11-19(18)28-14/h4-11,14,16H,3,12-13H2,1-2H3,(H,22,24)/t14-,16+/m0/s1. The van der Waals surface area contributed by atoms with Gasteiger partial charge in [0.15, 0.2) is 11.5 Å². The number of hydrogen-bond acceptors (Lipinski definition) is 5. The second kappa shape index (κ2) is 8.69. The zero-order valence-corrected chi connectivity index (χ0v) is 17.0. The van der Waals surface area contributed by atoms with E-state index in [1.807, 2.05) is 12.1 Å². The number of hydrogen-bond donors (Lipinski definition) is 1. The molecule has 0 unspecified atom stereocenters. The van der Waals surface area contributed by atoms with Crippen LogP contribution in [0.15, 0.2) is 48.5 Å². The molecule has 2 aromatic rings. The molecule has 0 bridgehead atoms. The number of nitrogens with one attached hydrogen (secondary N) is 1. The number of sulfonamides is 1. The maximum atomic E-state index is 14.3. The summed E-state index contributed by atoms with van der Waals surface area (Å²) in [5.41, 5.74) is -0.164. The van der Waals surface area contributed by atoms with E-state index in [0.29, 0.717) is 11.5 Å². The van der Waals surface area contributed by atoms with E-state index in [1.165, 1.54) is 18.2 Å². The Bertz CT molecular complexity index is 982. The summed E-state index contributed by atoms with van der Waals surface area (Å²) in [5, 5.41) is 2.70. The molecular weight excluding hydrogens is 399 g/mol. The maximum Gasteiger partial charge on any atom is 0.244 e. The van der Waals surface area contributed by atoms with Gasteiger partial charge in [0.05, 0.1) is 18.5 Å². The lowest BCUT2D eigenvalue weighted by molar-refractivity contribution is -0.122. The largest absolute Gasteiger partial charge is 0.486 e. The van der Waals surface area contributed by atoms with Crippen LogP contribution < -0.4 is 19.1 Å². The number of benzene rings is 2. The van der Waals surface area contributed by atoms with Crippen LogP contribution in [0, 0.1) is 5.82 Å². The van der Waals surface area contributed by atoms with Gasteiger partial charge in [-0.3, -0.25) is 9.10 Å². The Kier molecular flexibility index (Phi) is 6.26. The summed E-state index contributed by atoms with van der Waals surface area (Å²) < 4.78 is 51.2. The fraction of sp³-hybridized carbons (Fsp3) is 0.350. The van der Waals surface area contributed by atoms with E-state index in [9.17, 15) is 17.6 Å². The number of carbonyl (C=O) groups excluding carboxylic acids is 1. The molecule has 0 aromatic heterocycles. The predicted octanol–water partition coefficient (Wildman–Crippen LogP) is 2.33. The SMILES string of the molecule is CC[C@H](C(=O)NC[C@H]1COc2ccccc2O1)N(c1ccccc1F)S(C)(=O)=O. The van der Waals surface area contributed by atoms with E-state index >= 15 is 0 Å². The zero-order chi connectivity index (χ0) is 21.0. The summed E-state index contributed by atoms with van der Waals surface area (Å²) in [4.78, 5) is 12.8. The summed E-state index contributed by atoms with van der Waals surface area (Å²) in [7, 11) is -3.90. The molecule has 0 saturated carbocycles. The fourth-order valence-electron chi connectivity index (χ4n) is 3.16. The number of carbonyl (C=O) groups is 1. The highest BCUT2D eigenvalue weighted by Crippen LogP contribution is 2.30. The van der Waals surface area contributed by atoms with Gasteiger partial charge < -0.3 is 14.8 Å². The minimum atomic E-state index is -3.90. The van der Waals surface area contributed by atoms with E-state index in [2.05, 4.69) is 5.32 Å². The lowest BCUT2D eigenvalue weighted by Gasteiger charge is -2.31. The van der Waals surface area contributed by atoms with Crippen molar-refractivity contribution in [3.8, 4) is 11.5 Å². The Morgan fingerprint density at radius 1 is 1.21 bits per heavy atom. The first-order valence-electron chi connectivity index (χ1n) is 9.21. The Balaban J connectivity index is 1.73. The molecule has 0 fully saturated rings. The molecule has 1 heterocycles. The van der Waals surface area contributed by atoms with E-state index in [-0.39, 0.29) is 25.3 Å². The lowest BCUT2D eigenvalue weighted by atomic mass is 10.1. The Hall–Kier alpha value is -2.81. The van der Waals surface area contributed by atoms with Crippen molar-refractivity contribution in [3.63, 3.8) is 0 Å². The van der Waals surface area contributed by atoms with Gasteiger partial charge in [-0.25, -0.2) is 12.8 Å². The molecular formula is C20H23FN2O5S. The maximum absolute atomic E-state index is 14.3. The topological polar surface area (TPSA) is 84.9 Å². The molecule has 1 N–H and O–H groups in total. The number of nitrogens with zero attached hydrogens (tertiary/aromatic N) is 1. The molecule has 0 radical (unpaired) electrons. The van der Waals surface area contributed by atoms with Crippen LogP contribution in [0.5, 0.6) is 11.5 Å². The number of halogens is 1. The molecule has 9 heteroatoms. The van der Waals surface area contributed by atoms with E-state index < -0.39 is 33.9 Å². The van der Waals surface area contributed by atoms with E-state index in [1.54, 1.807) is 19.1 Å². The number of fused-ring (bicyclic) bond motifs is 1. The van der Waals surface area contributed by atoms with Crippen LogP contribution in [-0.4, -0.2) is 45.9 Å². The molecule has 0 saturated heterocycles. The summed E-state index contributed by atoms with van der Waals surface area (Å²) in [6.45, 7) is 2.04. The highest BCUT2D eigenvalue weighted by molar-refractivity contribution is 7.92. The van der Waals surface area contributed by atoms with E-state index in [0.717, 1.165) is 16.6 Å². The molecule has 0 aliphatic carbocycles. The molecule has 1 aliphatic heterocycles. The third kappa shape index (κ3) is 4.79. The first-order chi connectivity index (χ1) is 13.8. The molecule has 7 nitrogen and oxygen atoms in total. The van der Waals surface area contributed by atoms with Crippen molar-refractivity contribution in [1.82, 2.24) is 5.32 Å². The Morgan fingerprint density at radius 2 is 1.86 bits per heavy atom. The number of anilines is 1. The Morgan fingerprint density at radius 3 is 2.52 bits per heavy atom. The molecule has 3 rings (SSSR count). The van der Waals surface area contributed by atoms with Crippen LogP contribution in [0.2, 0.25) is 0 Å². The summed E-state index contributed by atoms with van der Waals surface area (Å²) >= 11 is 0. The quantitative estimate of drug-likeness (QED) is 0.740. The summed E-state index contributed by atoms with van der Waals surface area (Å²) in [6.07, 6.45) is 0.689. The summed E-state index contributed by atoms with van der Waals surface area (Å²) in [6, 6.07) is 11.6. The third-order valence-electron chi connectivity index (χ3n) is 4.49. The van der Waals surface area contributed by atoms with Crippen molar-refractivity contribution in [2.24, 2.45) is 0 Å². The van der Waals surface area contributed by atoms with Gasteiger partial charge in [0.2, 0.25) is 15.9 Å². The average molecular weight is 422 g/mol. The monoisotopic (exact) mass is 422 g/mol. The average Bonchev–Trinajstić information content (AvgIpc) is 2.70. The second-order valence-corrected chi connectivity index (χ2v) is 8.54. The molecule has 2 atom stereocenters. The lowest BCUT2D eigenvalue weighted by Crippen LogP contribution is -2.52. The minimum absolute atomic E-state index is 0.124. The first-order valence-corrected chi connectivity index (χ1v) is 11.1. The summed E-state index contributed by atoms with van der Waals surface area (Å²) in [5.74, 6) is -0.0492. The van der Waals surface area contributed by atoms with Crippen LogP contribution in [0.1, 0.15) is 13.3 Å². The molecule has 1 amide bonds. The highest BCUT2D eigenvalue weighted by atomic mass is 32.2. The predicted molar refractivity (Wildman–Crippen MR) is 107 cm³/mol. The number of rotatable bonds is 7. The fourth-order valence-corrected chi connectivity index (χ4v) is 4.37. The van der Waals surface area contributed by atoms with Crippen molar-refractivity contribution >= 4 is 21.6 Å². The van der Waals surface area contributed by atoms with Gasteiger partial charge in [-0.2, -0.15) is 0 Å². The number of para-hydroxylation sites is 3. The smallest absolute Gasteiger partial charge is 0.244 e. The van der Waals surface area contributed by atoms with Crippen molar-refractivity contribution in [1.29, 1.82) is 0 Å². The molecule has 0 spiro atoms. The zero-order valence-electron chi connectivity index (χ0n) is 16.2. The Labute approximate surface area is 169 Å². The minimum Gasteiger partial charge on any atom is -0.486 e. The van der Waals surface area contributed by atoms with Crippen molar-refractivity contribution < 1.29 is 27.1 Å². The van der Waals surface area contributed by atoms with Crippen LogP contribution in [0.25, 0.3) is 0 Å². The van der Waals surface area contributed by atoms with Crippen LogP contribution in [-0.2, 0) is 14.8 Å². The van der Waals surface area contributed by atoms with Crippen LogP contribution in [0.4, 0.5) is 10.1 Å². The van der Waals surface area contributed by atoms with Crippen molar-refractivity contribution in [2.75, 3.05) is 23.7 Å². The number of ether oxygens (including phenoxy) is 2.